The van der Waals surface area contributed by atoms with Gasteiger partial charge < -0.3 is 9.47 Å². The number of rotatable bonds is 13. The number of hydrogen-bond acceptors (Lipinski definition) is 4. The van der Waals surface area contributed by atoms with Crippen LogP contribution in [0.2, 0.25) is 0 Å². The van der Waals surface area contributed by atoms with Gasteiger partial charge in [0.25, 0.3) is 0 Å². The Balaban J connectivity index is 1.57. The quantitative estimate of drug-likeness (QED) is 0.194. The normalized spacial score (nSPS) is 10.4. The van der Waals surface area contributed by atoms with E-state index in [9.17, 15) is 4.79 Å². The topological polar surface area (TPSA) is 59.3 Å². The average molecular weight is 408 g/mol. The molecule has 0 spiro atoms. The fraction of sp³-hybridized carbons (Fsp3) is 0.462. The highest BCUT2D eigenvalue weighted by Crippen LogP contribution is 2.23. The lowest BCUT2D eigenvalue weighted by Gasteiger charge is -2.07. The Labute approximate surface area is 180 Å². The van der Waals surface area contributed by atoms with Gasteiger partial charge in [0.15, 0.2) is 0 Å². The third kappa shape index (κ3) is 9.13. The van der Waals surface area contributed by atoms with Crippen LogP contribution in [0.5, 0.6) is 5.75 Å². The summed E-state index contributed by atoms with van der Waals surface area (Å²) in [4.78, 5) is 11.8. The smallest absolute Gasteiger partial charge is 0.434 e. The highest BCUT2D eigenvalue weighted by molar-refractivity contribution is 5.67. The Morgan fingerprint density at radius 2 is 1.27 bits per heavy atom. The van der Waals surface area contributed by atoms with E-state index in [1.54, 1.807) is 24.3 Å². The van der Waals surface area contributed by atoms with Crippen LogP contribution in [-0.4, -0.2) is 12.8 Å². The van der Waals surface area contributed by atoms with Gasteiger partial charge in [0, 0.05) is 0 Å². The van der Waals surface area contributed by atoms with E-state index in [1.165, 1.54) is 51.4 Å². The summed E-state index contributed by atoms with van der Waals surface area (Å²) in [6.45, 7) is 2.64. The third-order valence-corrected chi connectivity index (χ3v) is 5.12. The predicted molar refractivity (Wildman–Crippen MR) is 120 cm³/mol. The van der Waals surface area contributed by atoms with Gasteiger partial charge in [-0.3, -0.25) is 0 Å². The largest absolute Gasteiger partial charge is 0.513 e. The summed E-state index contributed by atoms with van der Waals surface area (Å²) in [6, 6.07) is 16.7. The van der Waals surface area contributed by atoms with E-state index in [2.05, 4.69) is 13.0 Å². The Hall–Kier alpha value is -2.80. The van der Waals surface area contributed by atoms with Gasteiger partial charge in [-0.1, -0.05) is 89.0 Å². The van der Waals surface area contributed by atoms with E-state index in [4.69, 9.17) is 14.7 Å². The van der Waals surface area contributed by atoms with Crippen molar-refractivity contribution in [1.82, 2.24) is 0 Å². The lowest BCUT2D eigenvalue weighted by atomic mass is 10.0. The Kier molecular flexibility index (Phi) is 11.1. The molecule has 0 atom stereocenters. The summed E-state index contributed by atoms with van der Waals surface area (Å²) in [5.74, 6) is 0.459. The van der Waals surface area contributed by atoms with E-state index in [0.717, 1.165) is 24.0 Å². The van der Waals surface area contributed by atoms with Crippen molar-refractivity contribution in [3.63, 3.8) is 0 Å². The maximum Gasteiger partial charge on any atom is 0.513 e. The van der Waals surface area contributed by atoms with Gasteiger partial charge in [0.05, 0.1) is 18.2 Å². The monoisotopic (exact) mass is 407 g/mol. The summed E-state index contributed by atoms with van der Waals surface area (Å²) in [5.41, 5.74) is 2.62. The van der Waals surface area contributed by atoms with E-state index >= 15 is 0 Å². The number of carbonyl (C=O) groups excluding carboxylic acids is 1. The van der Waals surface area contributed by atoms with Crippen LogP contribution < -0.4 is 4.74 Å². The summed E-state index contributed by atoms with van der Waals surface area (Å²) in [6.07, 6.45) is 11.8. The summed E-state index contributed by atoms with van der Waals surface area (Å²) < 4.78 is 10.4. The number of benzene rings is 2. The van der Waals surface area contributed by atoms with Crippen LogP contribution in [-0.2, 0) is 4.74 Å². The van der Waals surface area contributed by atoms with Gasteiger partial charge in [-0.05, 0) is 41.8 Å². The van der Waals surface area contributed by atoms with Crippen molar-refractivity contribution in [2.45, 2.75) is 71.1 Å². The molecule has 2 rings (SSSR count). The second-order valence-electron chi connectivity index (χ2n) is 7.60. The molecule has 4 nitrogen and oxygen atoms in total. The van der Waals surface area contributed by atoms with Crippen LogP contribution in [0.15, 0.2) is 48.5 Å². The fourth-order valence-corrected chi connectivity index (χ4v) is 3.32. The fourth-order valence-electron chi connectivity index (χ4n) is 3.32. The molecule has 0 saturated heterocycles. The molecule has 0 aromatic heterocycles. The molecule has 0 fully saturated rings. The molecule has 0 aliphatic heterocycles. The maximum atomic E-state index is 11.8. The molecule has 0 bridgehead atoms. The highest BCUT2D eigenvalue weighted by Gasteiger charge is 2.06. The lowest BCUT2D eigenvalue weighted by Crippen LogP contribution is -2.11. The van der Waals surface area contributed by atoms with E-state index < -0.39 is 6.16 Å². The van der Waals surface area contributed by atoms with Gasteiger partial charge >= 0.3 is 6.16 Å². The first-order chi connectivity index (χ1) is 14.7. The molecule has 30 heavy (non-hydrogen) atoms. The van der Waals surface area contributed by atoms with Crippen molar-refractivity contribution in [2.75, 3.05) is 6.61 Å². The maximum absolute atomic E-state index is 11.8. The second-order valence-corrected chi connectivity index (χ2v) is 7.60. The van der Waals surface area contributed by atoms with Gasteiger partial charge in [0.1, 0.15) is 5.75 Å². The number of nitrogens with zero attached hydrogens (tertiary/aromatic N) is 1. The molecule has 0 N–H and O–H groups in total. The zero-order chi connectivity index (χ0) is 21.4. The van der Waals surface area contributed by atoms with Crippen LogP contribution in [0.4, 0.5) is 4.79 Å². The molecular formula is C26H33NO3. The predicted octanol–water partition coefficient (Wildman–Crippen LogP) is 7.66. The first-order valence-electron chi connectivity index (χ1n) is 11.2. The number of ether oxygens (including phenoxy) is 2. The average Bonchev–Trinajstić information content (AvgIpc) is 2.78. The zero-order valence-electron chi connectivity index (χ0n) is 18.1. The Bertz CT molecular complexity index is 775. The molecule has 0 radical (unpaired) electrons. The van der Waals surface area contributed by atoms with Crippen LogP contribution in [0.3, 0.4) is 0 Å². The molecule has 0 aliphatic carbocycles. The third-order valence-electron chi connectivity index (χ3n) is 5.12. The number of hydrogen-bond donors (Lipinski definition) is 0. The summed E-state index contributed by atoms with van der Waals surface area (Å²) >= 11 is 0. The van der Waals surface area contributed by atoms with Crippen LogP contribution >= 0.6 is 0 Å². The molecule has 4 heteroatoms. The molecular weight excluding hydrogens is 374 g/mol. The van der Waals surface area contributed by atoms with Crippen LogP contribution in [0.25, 0.3) is 11.1 Å². The molecule has 160 valence electrons. The Morgan fingerprint density at radius 3 is 1.80 bits per heavy atom. The summed E-state index contributed by atoms with van der Waals surface area (Å²) in [7, 11) is 0. The van der Waals surface area contributed by atoms with Crippen LogP contribution in [0.1, 0.15) is 76.7 Å². The number of unbranched alkanes of at least 4 members (excludes halogenated alkanes) is 9. The van der Waals surface area contributed by atoms with Crippen molar-refractivity contribution in [1.29, 1.82) is 5.26 Å². The minimum absolute atomic E-state index is 0.401. The van der Waals surface area contributed by atoms with Crippen LogP contribution in [0, 0.1) is 11.3 Å². The van der Waals surface area contributed by atoms with Gasteiger partial charge in [-0.15, -0.1) is 0 Å². The van der Waals surface area contributed by atoms with Crippen molar-refractivity contribution in [3.8, 4) is 22.9 Å². The molecule has 2 aromatic rings. The van der Waals surface area contributed by atoms with Crippen molar-refractivity contribution < 1.29 is 14.3 Å². The highest BCUT2D eigenvalue weighted by atomic mass is 16.7. The van der Waals surface area contributed by atoms with Gasteiger partial charge in [-0.25, -0.2) is 4.79 Å². The first kappa shape index (κ1) is 23.5. The standard InChI is InChI=1S/C26H33NO3/c1-2-3-4-5-6-7-8-9-10-11-20-29-26(28)30-25-18-16-24(17-19-25)23-14-12-22(21-27)13-15-23/h12-19H,2-11,20H2,1H3. The minimum Gasteiger partial charge on any atom is -0.434 e. The van der Waals surface area contributed by atoms with Gasteiger partial charge in [0.2, 0.25) is 0 Å². The minimum atomic E-state index is -0.656. The molecule has 0 amide bonds. The van der Waals surface area contributed by atoms with E-state index in [0.29, 0.717) is 17.9 Å². The summed E-state index contributed by atoms with van der Waals surface area (Å²) in [5, 5.41) is 8.87. The Morgan fingerprint density at radius 1 is 0.767 bits per heavy atom. The van der Waals surface area contributed by atoms with E-state index in [-0.39, 0.29) is 0 Å². The molecule has 0 saturated carbocycles. The number of nitriles is 1. The van der Waals surface area contributed by atoms with Crippen molar-refractivity contribution in [2.24, 2.45) is 0 Å². The molecule has 2 aromatic carbocycles. The molecule has 0 heterocycles. The number of carbonyl (C=O) groups is 1. The molecule has 0 unspecified atom stereocenters. The van der Waals surface area contributed by atoms with Crippen molar-refractivity contribution in [3.05, 3.63) is 54.1 Å². The van der Waals surface area contributed by atoms with E-state index in [1.807, 2.05) is 24.3 Å². The second kappa shape index (κ2) is 14.2. The SMILES string of the molecule is CCCCCCCCCCCCOC(=O)Oc1ccc(-c2ccc(C#N)cc2)cc1. The van der Waals surface area contributed by atoms with Crippen molar-refractivity contribution >= 4 is 6.16 Å². The first-order valence-corrected chi connectivity index (χ1v) is 11.2. The lowest BCUT2D eigenvalue weighted by molar-refractivity contribution is 0.0973. The van der Waals surface area contributed by atoms with Gasteiger partial charge in [-0.2, -0.15) is 5.26 Å². The molecule has 0 aliphatic rings. The zero-order valence-corrected chi connectivity index (χ0v) is 18.1.